The van der Waals surface area contributed by atoms with E-state index in [0.717, 1.165) is 209 Å². The maximum atomic E-state index is 13.5. The standard InChI is InChI=1S/C36H41ClN4O4S.C34H37ClN4O4S.C31H31ClN2O4S/c1-8-44-34(42)31(45-36(3,4)5)29-21(2)19-26-32(30(29)22-9-12-24(37)13-10-22)46-33(38-26)23-11-14-27-28(20-23)41(35(43)40(27)7)25-15-17-39(6)18-16-25;1-19-17-24-30(28(20-7-10-22(35)11-8-20)27(19)29(32(40)41)43-34(2,3)4)44-31(36-24)21-9-12-25-26(18-21)39(33(42)38(25)6)23-13-15-37(5)16-14-23;1-7-37-30(36)27(38-31(3,4)5)25-17(2)14-22-28(26(25)18-8-11-21(32)12-9-18)39-29(33-22)19-10-13-23-20(15-19)16-24(35)34(23)6/h9-14,19-20,25,31H,8,15-18H2,1-7H3;7-12,17-18,23,29H,13-16H2,1-6H3,(H,40,41);8-15,27H,7,16H2,1-6H3/t31-;29-;27-/m000/s1. The Hall–Kier alpha value is -10.3. The van der Waals surface area contributed by atoms with Crippen molar-refractivity contribution in [3.8, 4) is 65.1 Å². The number of carboxylic acid groups (broad SMARTS) is 1. The largest absolute Gasteiger partial charge is 0.479 e. The number of hydrogen-bond acceptors (Lipinski definition) is 19. The third-order valence-corrected chi connectivity index (χ3v) is 28.0. The van der Waals surface area contributed by atoms with Crippen molar-refractivity contribution in [2.45, 2.75) is 176 Å². The summed E-state index contributed by atoms with van der Waals surface area (Å²) in [5, 5.41) is 14.7. The second-order valence-electron chi connectivity index (χ2n) is 36.6. The Morgan fingerprint density at radius 2 is 0.744 bits per heavy atom. The van der Waals surface area contributed by atoms with Gasteiger partial charge >= 0.3 is 29.3 Å². The molecule has 3 aliphatic heterocycles. The van der Waals surface area contributed by atoms with Crippen molar-refractivity contribution in [2.75, 3.05) is 65.4 Å². The zero-order valence-corrected chi connectivity index (χ0v) is 81.0. The molecule has 0 spiro atoms. The molecule has 0 unspecified atom stereocenters. The van der Waals surface area contributed by atoms with E-state index in [1.807, 2.05) is 240 Å². The summed E-state index contributed by atoms with van der Waals surface area (Å²) in [7, 11) is 9.72. The first-order valence-electron chi connectivity index (χ1n) is 43.5. The second kappa shape index (κ2) is 37.5. The molecule has 3 aliphatic rings. The Morgan fingerprint density at radius 3 is 1.07 bits per heavy atom. The highest BCUT2D eigenvalue weighted by Crippen LogP contribution is 2.50. The first-order valence-corrected chi connectivity index (χ1v) is 47.1. The average Bonchev–Trinajstić information content (AvgIpc) is 1.62. The Morgan fingerprint density at radius 1 is 0.434 bits per heavy atom. The van der Waals surface area contributed by atoms with Gasteiger partial charge in [-0.1, -0.05) is 71.2 Å². The minimum absolute atomic E-state index is 0.000134. The number of hydrogen-bond donors (Lipinski definition) is 1. The first-order chi connectivity index (χ1) is 61.1. The molecule has 0 saturated carbocycles. The fourth-order valence-corrected chi connectivity index (χ4v) is 21.5. The van der Waals surface area contributed by atoms with Crippen LogP contribution in [0, 0.1) is 20.8 Å². The molecular formula is C101H109Cl3N10O12S3. The van der Waals surface area contributed by atoms with Crippen LogP contribution in [0.1, 0.15) is 171 Å². The van der Waals surface area contributed by atoms with Crippen molar-refractivity contribution < 1.29 is 48.0 Å². The summed E-state index contributed by atoms with van der Waals surface area (Å²) in [6.07, 6.45) is 1.06. The molecule has 1 amide bonds. The number of fused-ring (bicyclic) bond motifs is 6. The van der Waals surface area contributed by atoms with E-state index in [2.05, 4.69) is 36.0 Å². The molecule has 9 aromatic carbocycles. The molecule has 2 fully saturated rings. The highest BCUT2D eigenvalue weighted by molar-refractivity contribution is 7.23. The second-order valence-corrected chi connectivity index (χ2v) is 40.9. The lowest BCUT2D eigenvalue weighted by Gasteiger charge is -2.29. The van der Waals surface area contributed by atoms with E-state index in [1.54, 1.807) is 57.6 Å². The number of nitrogens with zero attached hydrogens (tertiary/aromatic N) is 10. The van der Waals surface area contributed by atoms with Gasteiger partial charge in [-0.2, -0.15) is 0 Å². The number of halogens is 3. The molecule has 8 heterocycles. The van der Waals surface area contributed by atoms with Gasteiger partial charge in [0.25, 0.3) is 0 Å². The molecule has 0 radical (unpaired) electrons. The molecule has 3 atom stereocenters. The number of carbonyl (C=O) groups excluding carboxylic acids is 3. The smallest absolute Gasteiger partial charge is 0.339 e. The molecule has 28 heteroatoms. The molecule has 1 N–H and O–H groups in total. The van der Waals surface area contributed by atoms with E-state index in [1.165, 1.54) is 11.3 Å². The number of esters is 2. The summed E-state index contributed by atoms with van der Waals surface area (Å²) in [4.78, 5) is 100. The lowest BCUT2D eigenvalue weighted by atomic mass is 9.91. The molecule has 0 bridgehead atoms. The molecule has 14 aromatic rings. The minimum atomic E-state index is -1.18. The highest BCUT2D eigenvalue weighted by atomic mass is 35.5. The van der Waals surface area contributed by atoms with Crippen LogP contribution in [0.5, 0.6) is 0 Å². The van der Waals surface area contributed by atoms with Crippen LogP contribution >= 0.6 is 68.8 Å². The predicted molar refractivity (Wildman–Crippen MR) is 522 cm³/mol. The van der Waals surface area contributed by atoms with Crippen LogP contribution in [0.2, 0.25) is 15.1 Å². The molecule has 0 aliphatic carbocycles. The normalized spacial score (nSPS) is 15.2. The number of amides is 1. The summed E-state index contributed by atoms with van der Waals surface area (Å²) in [6.45, 7) is 30.9. The number of aryl methyl sites for hydroxylation is 5. The van der Waals surface area contributed by atoms with E-state index in [9.17, 15) is 33.9 Å². The van der Waals surface area contributed by atoms with Gasteiger partial charge in [0, 0.05) is 104 Å². The molecule has 17 rings (SSSR count). The SMILES string of the molecule is CCOC(=O)[C@@H](OC(C)(C)C)c1c(C)cc2nc(-c3ccc4c(c3)CC(=O)N4C)sc2c1-c1ccc(Cl)cc1.CCOC(=O)[C@@H](OC(C)(C)C)c1c(C)cc2nc(-c3ccc4c(c3)n(C3CCN(C)CC3)c(=O)n4C)sc2c1-c1ccc(Cl)cc1.Cc1cc2nc(-c3ccc4c(c3)n(C3CCN(C)CC3)c(=O)n4C)sc2c(-c2ccc(Cl)cc2)c1[C@H](OC(C)(C)C)C(=O)O. The van der Waals surface area contributed by atoms with E-state index in [4.69, 9.17) is 73.4 Å². The summed E-state index contributed by atoms with van der Waals surface area (Å²) >= 11 is 23.4. The van der Waals surface area contributed by atoms with Gasteiger partial charge in [-0.25, -0.2) is 38.9 Å². The number of benzene rings is 9. The lowest BCUT2D eigenvalue weighted by molar-refractivity contribution is -0.167. The van der Waals surface area contributed by atoms with Gasteiger partial charge in [-0.3, -0.25) is 23.1 Å². The maximum absolute atomic E-state index is 13.5. The van der Waals surface area contributed by atoms with Crippen LogP contribution in [0.3, 0.4) is 0 Å². The van der Waals surface area contributed by atoms with Gasteiger partial charge in [0.1, 0.15) is 15.0 Å². The summed E-state index contributed by atoms with van der Waals surface area (Å²) in [6, 6.07) is 47.2. The quantitative estimate of drug-likeness (QED) is 0.0741. The number of aliphatic carboxylic acids is 1. The molecule has 674 valence electrons. The van der Waals surface area contributed by atoms with Crippen molar-refractivity contribution in [3.05, 3.63) is 221 Å². The van der Waals surface area contributed by atoms with Gasteiger partial charge in [-0.05, 0) is 311 Å². The summed E-state index contributed by atoms with van der Waals surface area (Å²) in [5.41, 5.74) is 18.8. The van der Waals surface area contributed by atoms with Gasteiger partial charge in [-0.15, -0.1) is 34.0 Å². The zero-order valence-electron chi connectivity index (χ0n) is 76.3. The maximum Gasteiger partial charge on any atom is 0.339 e. The Labute approximate surface area is 777 Å². The average molecular weight is 1860 g/mol. The molecular weight excluding hydrogens is 1750 g/mol. The van der Waals surface area contributed by atoms with Gasteiger partial charge in [0.2, 0.25) is 5.91 Å². The van der Waals surface area contributed by atoms with E-state index in [-0.39, 0.29) is 42.6 Å². The minimum Gasteiger partial charge on any atom is -0.479 e. The Kier molecular flexibility index (Phi) is 27.2. The van der Waals surface area contributed by atoms with Crippen LogP contribution in [0.25, 0.3) is 118 Å². The van der Waals surface area contributed by atoms with Gasteiger partial charge in [0.05, 0.1) is 89.2 Å². The number of likely N-dealkylation sites (tertiary alicyclic amines) is 2. The van der Waals surface area contributed by atoms with Crippen molar-refractivity contribution in [2.24, 2.45) is 14.1 Å². The molecule has 129 heavy (non-hydrogen) atoms. The first kappa shape index (κ1) is 93.4. The number of ether oxygens (including phenoxy) is 5. The Balaban J connectivity index is 0.000000149. The Bertz CT molecular complexity index is 6790. The van der Waals surface area contributed by atoms with Crippen LogP contribution in [0.15, 0.2) is 155 Å². The van der Waals surface area contributed by atoms with Gasteiger partial charge < -0.3 is 43.5 Å². The van der Waals surface area contributed by atoms with Crippen molar-refractivity contribution in [1.29, 1.82) is 0 Å². The van der Waals surface area contributed by atoms with E-state index < -0.39 is 53.0 Å². The number of imidazole rings is 2. The van der Waals surface area contributed by atoms with Gasteiger partial charge in [0.15, 0.2) is 18.3 Å². The monoisotopic (exact) mass is 1850 g/mol. The number of carboxylic acids is 1. The summed E-state index contributed by atoms with van der Waals surface area (Å²) in [5.74, 6) is -1.83. The number of likely N-dealkylation sites (N-methyl/N-ethyl adjacent to an activating group) is 1. The molecule has 5 aromatic heterocycles. The number of carbonyl (C=O) groups is 4. The van der Waals surface area contributed by atoms with Crippen LogP contribution in [0.4, 0.5) is 5.69 Å². The third kappa shape index (κ3) is 19.6. The van der Waals surface area contributed by atoms with Crippen LogP contribution in [-0.2, 0) is 63.4 Å². The number of rotatable bonds is 19. The fraction of sp³-hybridized carbons (Fsp3) is 0.376. The molecule has 22 nitrogen and oxygen atoms in total. The molecule has 2 saturated heterocycles. The van der Waals surface area contributed by atoms with Crippen molar-refractivity contribution in [3.63, 3.8) is 0 Å². The summed E-state index contributed by atoms with van der Waals surface area (Å²) < 4.78 is 40.1. The topological polar surface area (TPSA) is 237 Å². The number of anilines is 1. The highest BCUT2D eigenvalue weighted by Gasteiger charge is 2.39. The van der Waals surface area contributed by atoms with Crippen LogP contribution < -0.4 is 16.3 Å². The van der Waals surface area contributed by atoms with E-state index in [0.29, 0.717) is 27.1 Å². The van der Waals surface area contributed by atoms with Crippen molar-refractivity contribution in [1.82, 2.24) is 43.0 Å². The number of aromatic nitrogens is 7. The zero-order chi connectivity index (χ0) is 92.5. The third-order valence-electron chi connectivity index (χ3n) is 23.8. The number of piperidine rings is 2. The fourth-order valence-electron chi connectivity index (χ4n) is 17.7. The predicted octanol–water partition coefficient (Wildman–Crippen LogP) is 22.9. The van der Waals surface area contributed by atoms with Crippen LogP contribution in [-0.4, -0.2) is 149 Å². The van der Waals surface area contributed by atoms with E-state index >= 15 is 0 Å². The van der Waals surface area contributed by atoms with Crippen molar-refractivity contribution >= 4 is 151 Å². The lowest BCUT2D eigenvalue weighted by Crippen LogP contribution is -2.35. The number of thiazole rings is 3.